The number of fused-ring (bicyclic) bond motifs is 7. The number of nitriles is 1. The highest BCUT2D eigenvalue weighted by molar-refractivity contribution is 6.31. The van der Waals surface area contributed by atoms with Gasteiger partial charge in [-0.3, -0.25) is 23.9 Å². The summed E-state index contributed by atoms with van der Waals surface area (Å²) in [5.41, 5.74) is 1.34. The summed E-state index contributed by atoms with van der Waals surface area (Å²) in [6.07, 6.45) is 7.12. The van der Waals surface area contributed by atoms with Crippen molar-refractivity contribution in [3.8, 4) is 11.8 Å². The molecule has 0 radical (unpaired) electrons. The first-order valence-corrected chi connectivity index (χ1v) is 22.3. The Morgan fingerprint density at radius 3 is 2.27 bits per heavy atom. The first kappa shape index (κ1) is 43.4. The predicted octanol–water partition coefficient (Wildman–Crippen LogP) is 9.03. The summed E-state index contributed by atoms with van der Waals surface area (Å²) in [4.78, 5) is 54.0. The minimum atomic E-state index is -1.19. The number of halogens is 1. The van der Waals surface area contributed by atoms with Crippen molar-refractivity contribution in [2.45, 2.75) is 145 Å². The molecule has 2 aromatic rings. The number of hydrogen-bond acceptors (Lipinski definition) is 7. The van der Waals surface area contributed by atoms with Crippen LogP contribution in [-0.2, 0) is 31.1 Å². The number of hydrogen-bond donors (Lipinski definition) is 2. The molecule has 8 atom stereocenters. The number of ether oxygens (including phenoxy) is 1. The first-order valence-electron chi connectivity index (χ1n) is 21.9. The van der Waals surface area contributed by atoms with Crippen molar-refractivity contribution in [2.75, 3.05) is 13.6 Å². The van der Waals surface area contributed by atoms with Crippen molar-refractivity contribution in [1.82, 2.24) is 14.7 Å². The van der Waals surface area contributed by atoms with Crippen molar-refractivity contribution in [1.29, 1.82) is 5.26 Å². The molecule has 7 rings (SSSR count). The Hall–Kier alpha value is -3.68. The summed E-state index contributed by atoms with van der Waals surface area (Å²) >= 11 is 7.32. The van der Waals surface area contributed by atoms with Gasteiger partial charge in [0.2, 0.25) is 0 Å². The Morgan fingerprint density at radius 2 is 1.66 bits per heavy atom. The molecule has 1 unspecified atom stereocenters. The number of Topliss-reactive ketones (excluding diaryl/α,β-unsaturated/α-hetero) is 1. The lowest BCUT2D eigenvalue weighted by Gasteiger charge is -2.72. The minimum Gasteiger partial charge on any atom is -0.481 e. The van der Waals surface area contributed by atoms with Crippen LogP contribution in [-0.4, -0.2) is 51.9 Å². The van der Waals surface area contributed by atoms with Crippen molar-refractivity contribution in [3.05, 3.63) is 62.0 Å². The minimum absolute atomic E-state index is 0.00172. The van der Waals surface area contributed by atoms with Crippen LogP contribution < -0.4 is 10.9 Å². The Morgan fingerprint density at radius 1 is 0.983 bits per heavy atom. The molecule has 0 bridgehead atoms. The van der Waals surface area contributed by atoms with Crippen LogP contribution >= 0.6 is 11.6 Å². The number of carboxylic acid groups (broad SMARTS) is 1. The van der Waals surface area contributed by atoms with Gasteiger partial charge >= 0.3 is 11.9 Å². The van der Waals surface area contributed by atoms with Crippen LogP contribution in [0.2, 0.25) is 5.02 Å². The number of aromatic nitrogens is 2. The summed E-state index contributed by atoms with van der Waals surface area (Å²) in [7, 11) is 1.89. The van der Waals surface area contributed by atoms with Gasteiger partial charge in [-0.2, -0.15) is 5.26 Å². The number of carbonyl (C=O) groups is 3. The Kier molecular flexibility index (Phi) is 10.9. The van der Waals surface area contributed by atoms with Gasteiger partial charge in [0.25, 0.3) is 5.56 Å². The highest BCUT2D eigenvalue weighted by atomic mass is 35.5. The second-order valence-corrected chi connectivity index (χ2v) is 21.5. The zero-order chi connectivity index (χ0) is 43.2. The first-order chi connectivity index (χ1) is 27.6. The standard InChI is InChI=1S/C48H65ClN4O6/c1-28(2)37-32(54)25-48(40-39(49)41(56)53(52(40)24-23-51-10)30-13-11-29(27-50)12-14-30)22-21-46(8)31(38(37)48)15-16-34-45(7)19-18-35(59-36(55)26-43(3,4)42(57)58)44(5,6)33(45)17-20-47(34,46)9/h11-14,28,31,33-35,51H,15-26H2,1-10H3,(H,57,58)/t31-,33+,34-,35+,45+,46-,47-,48?/m1/s1. The molecule has 1 heterocycles. The zero-order valence-corrected chi connectivity index (χ0v) is 37.6. The largest absolute Gasteiger partial charge is 0.481 e. The molecule has 1 aromatic heterocycles. The van der Waals surface area contributed by atoms with Gasteiger partial charge in [0.05, 0.1) is 41.4 Å². The molecule has 4 fully saturated rings. The van der Waals surface area contributed by atoms with Gasteiger partial charge < -0.3 is 15.2 Å². The van der Waals surface area contributed by atoms with Crippen molar-refractivity contribution in [3.63, 3.8) is 0 Å². The average molecular weight is 830 g/mol. The summed E-state index contributed by atoms with van der Waals surface area (Å²) < 4.78 is 9.87. The molecule has 0 spiro atoms. The molecule has 1 aromatic carbocycles. The molecule has 0 amide bonds. The molecule has 4 saturated carbocycles. The SMILES string of the molecule is CNCCn1c(C23CC[C@]4(C)[C@H](CC[C@@H]5[C@@]6(C)CC[C@H](OC(=O)CC(C)(C)C(=O)O)C(C)(C)[C@@H]6CC[C@]54C)C2=C(C(C)C)C(=O)C3)c(Cl)c(=O)n1-c1ccc(C#N)cc1. The van der Waals surface area contributed by atoms with Crippen LogP contribution in [0.1, 0.15) is 138 Å². The highest BCUT2D eigenvalue weighted by Gasteiger charge is 2.71. The summed E-state index contributed by atoms with van der Waals surface area (Å²) in [5.74, 6) is -0.411. The number of rotatable bonds is 10. The number of carbonyl (C=O) groups excluding carboxylic acids is 2. The van der Waals surface area contributed by atoms with E-state index < -0.39 is 22.8 Å². The van der Waals surface area contributed by atoms with Gasteiger partial charge in [0.15, 0.2) is 5.78 Å². The molecule has 2 N–H and O–H groups in total. The zero-order valence-electron chi connectivity index (χ0n) is 36.9. The van der Waals surface area contributed by atoms with Crippen LogP contribution in [0.15, 0.2) is 40.2 Å². The topological polar surface area (TPSA) is 143 Å². The van der Waals surface area contributed by atoms with E-state index in [1.807, 2.05) is 11.7 Å². The van der Waals surface area contributed by atoms with Gasteiger partial charge in [-0.15, -0.1) is 0 Å². The van der Waals surface area contributed by atoms with Crippen LogP contribution in [0, 0.1) is 62.1 Å². The molecule has 10 nitrogen and oxygen atoms in total. The molecule has 5 aliphatic rings. The molecular formula is C48H65ClN4O6. The lowest BCUT2D eigenvalue weighted by atomic mass is 9.33. The molecule has 11 heteroatoms. The van der Waals surface area contributed by atoms with Gasteiger partial charge in [0, 0.05) is 23.8 Å². The predicted molar refractivity (Wildman–Crippen MR) is 228 cm³/mol. The summed E-state index contributed by atoms with van der Waals surface area (Å²) in [5, 5.41) is 22.6. The van der Waals surface area contributed by atoms with E-state index in [0.717, 1.165) is 56.2 Å². The Labute approximate surface area is 355 Å². The number of esters is 1. The van der Waals surface area contributed by atoms with E-state index in [0.29, 0.717) is 49.0 Å². The van der Waals surface area contributed by atoms with Crippen LogP contribution in [0.3, 0.4) is 0 Å². The van der Waals surface area contributed by atoms with Crippen molar-refractivity contribution < 1.29 is 24.2 Å². The van der Waals surface area contributed by atoms with Gasteiger partial charge in [-0.25, -0.2) is 4.68 Å². The van der Waals surface area contributed by atoms with Gasteiger partial charge in [-0.1, -0.05) is 60.1 Å². The molecule has 320 valence electrons. The summed E-state index contributed by atoms with van der Waals surface area (Å²) in [6, 6.07) is 9.19. The number of carboxylic acids is 1. The van der Waals surface area contributed by atoms with E-state index in [1.54, 1.807) is 42.8 Å². The molecule has 59 heavy (non-hydrogen) atoms. The number of allylic oxidation sites excluding steroid dienone is 2. The number of aliphatic carboxylic acids is 1. The van der Waals surface area contributed by atoms with Crippen molar-refractivity contribution in [2.24, 2.45) is 50.7 Å². The average Bonchev–Trinajstić information content (AvgIpc) is 3.61. The number of ketones is 1. The Balaban J connectivity index is 1.28. The fraction of sp³-hybridized carbons (Fsp3) is 0.688. The highest BCUT2D eigenvalue weighted by Crippen LogP contribution is 2.77. The van der Waals surface area contributed by atoms with Gasteiger partial charge in [0.1, 0.15) is 11.1 Å². The van der Waals surface area contributed by atoms with Crippen molar-refractivity contribution >= 4 is 29.3 Å². The summed E-state index contributed by atoms with van der Waals surface area (Å²) in [6.45, 7) is 20.5. The maximum Gasteiger partial charge on any atom is 0.309 e. The second kappa shape index (κ2) is 14.8. The van der Waals surface area contributed by atoms with Crippen LogP contribution in [0.25, 0.3) is 5.69 Å². The molecule has 0 aliphatic heterocycles. The monoisotopic (exact) mass is 828 g/mol. The number of nitrogens with zero attached hydrogens (tertiary/aromatic N) is 3. The Bertz CT molecular complexity index is 2190. The quantitative estimate of drug-likeness (QED) is 0.226. The number of nitrogens with one attached hydrogen (secondary N) is 1. The smallest absolute Gasteiger partial charge is 0.309 e. The lowest BCUT2D eigenvalue weighted by Crippen LogP contribution is -2.66. The second-order valence-electron chi connectivity index (χ2n) is 21.1. The third-order valence-electron chi connectivity index (χ3n) is 17.2. The van der Waals surface area contributed by atoms with Gasteiger partial charge in [-0.05, 0) is 148 Å². The van der Waals surface area contributed by atoms with E-state index in [2.05, 4.69) is 59.9 Å². The maximum atomic E-state index is 14.6. The normalized spacial score (nSPS) is 33.8. The number of benzene rings is 1. The third-order valence-corrected chi connectivity index (χ3v) is 17.5. The van der Waals surface area contributed by atoms with Crippen LogP contribution in [0.4, 0.5) is 0 Å². The molecular weight excluding hydrogens is 764 g/mol. The van der Waals surface area contributed by atoms with E-state index >= 15 is 0 Å². The van der Waals surface area contributed by atoms with Crippen LogP contribution in [0.5, 0.6) is 0 Å². The van der Waals surface area contributed by atoms with E-state index in [-0.39, 0.29) is 62.4 Å². The molecule has 5 aliphatic carbocycles. The fourth-order valence-electron chi connectivity index (χ4n) is 14.1. The molecule has 0 saturated heterocycles. The maximum absolute atomic E-state index is 14.6. The third kappa shape index (κ3) is 6.33. The fourth-order valence-corrected chi connectivity index (χ4v) is 14.4. The number of likely N-dealkylation sites (N-methyl/N-ethyl adjacent to an activating group) is 1. The van der Waals surface area contributed by atoms with E-state index in [4.69, 9.17) is 16.3 Å². The lowest BCUT2D eigenvalue weighted by molar-refractivity contribution is -0.232. The van der Waals surface area contributed by atoms with E-state index in [1.165, 1.54) is 5.57 Å². The van der Waals surface area contributed by atoms with E-state index in [9.17, 15) is 29.5 Å².